The van der Waals surface area contributed by atoms with Gasteiger partial charge < -0.3 is 15.0 Å². The molecule has 0 radical (unpaired) electrons. The van der Waals surface area contributed by atoms with Gasteiger partial charge in [-0.05, 0) is 44.2 Å². The SMILES string of the molecule is CC(C)n1cnc2cc(Nc3ccc(Br)cc3Cl)c(C(=O)NOCCO)cc21. The van der Waals surface area contributed by atoms with Crippen LogP contribution in [0.25, 0.3) is 11.0 Å². The summed E-state index contributed by atoms with van der Waals surface area (Å²) in [5.41, 5.74) is 5.48. The smallest absolute Gasteiger partial charge is 0.277 e. The van der Waals surface area contributed by atoms with Crippen molar-refractivity contribution in [3.05, 3.63) is 51.7 Å². The first-order valence-electron chi connectivity index (χ1n) is 8.66. The fourth-order valence-corrected chi connectivity index (χ4v) is 3.45. The van der Waals surface area contributed by atoms with E-state index in [-0.39, 0.29) is 19.3 Å². The van der Waals surface area contributed by atoms with Crippen LogP contribution >= 0.6 is 27.5 Å². The molecule has 1 heterocycles. The number of anilines is 2. The van der Waals surface area contributed by atoms with Crippen LogP contribution in [0.1, 0.15) is 30.2 Å². The molecule has 148 valence electrons. The van der Waals surface area contributed by atoms with Gasteiger partial charge in [0, 0.05) is 10.5 Å². The molecule has 0 aliphatic heterocycles. The predicted molar refractivity (Wildman–Crippen MR) is 113 cm³/mol. The van der Waals surface area contributed by atoms with Gasteiger partial charge >= 0.3 is 0 Å². The molecular weight excluding hydrogens is 448 g/mol. The summed E-state index contributed by atoms with van der Waals surface area (Å²) in [5, 5.41) is 12.6. The van der Waals surface area contributed by atoms with Crippen molar-refractivity contribution in [1.29, 1.82) is 0 Å². The van der Waals surface area contributed by atoms with E-state index in [1.165, 1.54) is 0 Å². The fourth-order valence-electron chi connectivity index (χ4n) is 2.73. The number of hydroxylamine groups is 1. The van der Waals surface area contributed by atoms with Crippen LogP contribution < -0.4 is 10.8 Å². The molecule has 3 N–H and O–H groups in total. The second-order valence-corrected chi connectivity index (χ2v) is 7.71. The molecule has 7 nitrogen and oxygen atoms in total. The van der Waals surface area contributed by atoms with Crippen molar-refractivity contribution in [2.45, 2.75) is 19.9 Å². The summed E-state index contributed by atoms with van der Waals surface area (Å²) >= 11 is 9.69. The number of nitrogens with one attached hydrogen (secondary N) is 2. The monoisotopic (exact) mass is 466 g/mol. The number of carbonyl (C=O) groups is 1. The van der Waals surface area contributed by atoms with E-state index in [9.17, 15) is 4.79 Å². The van der Waals surface area contributed by atoms with E-state index in [2.05, 4.69) is 31.7 Å². The largest absolute Gasteiger partial charge is 0.394 e. The molecular formula is C19H20BrClN4O3. The number of benzene rings is 2. The van der Waals surface area contributed by atoms with Crippen LogP contribution in [-0.2, 0) is 4.84 Å². The number of fused-ring (bicyclic) bond motifs is 1. The summed E-state index contributed by atoms with van der Waals surface area (Å²) in [6.45, 7) is 3.89. The summed E-state index contributed by atoms with van der Waals surface area (Å²) in [4.78, 5) is 22.1. The third-order valence-corrected chi connectivity index (χ3v) is 4.88. The van der Waals surface area contributed by atoms with Crippen LogP contribution in [0, 0.1) is 0 Å². The lowest BCUT2D eigenvalue weighted by Gasteiger charge is -2.15. The first-order chi connectivity index (χ1) is 13.4. The number of aromatic nitrogens is 2. The first-order valence-corrected chi connectivity index (χ1v) is 9.83. The molecule has 0 unspecified atom stereocenters. The Morgan fingerprint density at radius 3 is 2.79 bits per heavy atom. The molecule has 3 aromatic rings. The molecule has 0 aliphatic rings. The summed E-state index contributed by atoms with van der Waals surface area (Å²) in [5.74, 6) is -0.442. The summed E-state index contributed by atoms with van der Waals surface area (Å²) in [6.07, 6.45) is 1.75. The molecule has 1 amide bonds. The Morgan fingerprint density at radius 2 is 2.11 bits per heavy atom. The highest BCUT2D eigenvalue weighted by molar-refractivity contribution is 9.10. The Morgan fingerprint density at radius 1 is 1.32 bits per heavy atom. The number of aliphatic hydroxyl groups is 1. The number of rotatable bonds is 7. The highest BCUT2D eigenvalue weighted by Gasteiger charge is 2.17. The zero-order valence-electron chi connectivity index (χ0n) is 15.4. The molecule has 0 saturated carbocycles. The minimum Gasteiger partial charge on any atom is -0.394 e. The lowest BCUT2D eigenvalue weighted by Crippen LogP contribution is -2.26. The van der Waals surface area contributed by atoms with Crippen molar-refractivity contribution < 1.29 is 14.7 Å². The zero-order chi connectivity index (χ0) is 20.3. The minimum absolute atomic E-state index is 0.000781. The van der Waals surface area contributed by atoms with E-state index < -0.39 is 5.91 Å². The van der Waals surface area contributed by atoms with Crippen LogP contribution in [0.3, 0.4) is 0 Å². The molecule has 1 aromatic heterocycles. The standard InChI is InChI=1S/C19H20BrClN4O3/c1-11(2)25-10-22-17-9-16(23-15-4-3-12(20)7-14(15)21)13(8-18(17)25)19(27)24-28-6-5-26/h3-4,7-11,23,26H,5-6H2,1-2H3,(H,24,27). The topological polar surface area (TPSA) is 88.4 Å². The quantitative estimate of drug-likeness (QED) is 0.353. The van der Waals surface area contributed by atoms with Crippen LogP contribution in [-0.4, -0.2) is 33.8 Å². The molecule has 0 bridgehead atoms. The van der Waals surface area contributed by atoms with E-state index in [0.29, 0.717) is 22.0 Å². The maximum Gasteiger partial charge on any atom is 0.277 e. The molecule has 0 atom stereocenters. The first kappa shape index (κ1) is 20.6. The maximum absolute atomic E-state index is 12.7. The molecule has 0 aliphatic carbocycles. The van der Waals surface area contributed by atoms with E-state index in [4.69, 9.17) is 21.5 Å². The van der Waals surface area contributed by atoms with Crippen LogP contribution in [0.15, 0.2) is 41.1 Å². The normalized spacial score (nSPS) is 11.2. The van der Waals surface area contributed by atoms with Crippen molar-refractivity contribution in [1.82, 2.24) is 15.0 Å². The Kier molecular flexibility index (Phi) is 6.56. The molecule has 0 saturated heterocycles. The van der Waals surface area contributed by atoms with Gasteiger partial charge in [-0.2, -0.15) is 0 Å². The zero-order valence-corrected chi connectivity index (χ0v) is 17.7. The summed E-state index contributed by atoms with van der Waals surface area (Å²) in [7, 11) is 0. The molecule has 2 aromatic carbocycles. The van der Waals surface area contributed by atoms with Gasteiger partial charge in [0.25, 0.3) is 5.91 Å². The van der Waals surface area contributed by atoms with Gasteiger partial charge in [-0.1, -0.05) is 27.5 Å². The maximum atomic E-state index is 12.7. The Hall–Kier alpha value is -2.13. The average molecular weight is 468 g/mol. The van der Waals surface area contributed by atoms with Gasteiger partial charge in [0.2, 0.25) is 0 Å². The molecule has 0 spiro atoms. The number of amides is 1. The summed E-state index contributed by atoms with van der Waals surface area (Å²) < 4.78 is 2.83. The van der Waals surface area contributed by atoms with Crippen molar-refractivity contribution in [2.24, 2.45) is 0 Å². The van der Waals surface area contributed by atoms with E-state index in [1.807, 2.05) is 30.5 Å². The van der Waals surface area contributed by atoms with Crippen LogP contribution in [0.4, 0.5) is 11.4 Å². The van der Waals surface area contributed by atoms with Crippen LogP contribution in [0.2, 0.25) is 5.02 Å². The second kappa shape index (κ2) is 8.91. The lowest BCUT2D eigenvalue weighted by molar-refractivity contribution is 0.0169. The third kappa shape index (κ3) is 4.47. The van der Waals surface area contributed by atoms with E-state index >= 15 is 0 Å². The third-order valence-electron chi connectivity index (χ3n) is 4.07. The highest BCUT2D eigenvalue weighted by Crippen LogP contribution is 2.32. The molecule has 0 fully saturated rings. The number of nitrogens with zero attached hydrogens (tertiary/aromatic N) is 2. The lowest BCUT2D eigenvalue weighted by atomic mass is 10.1. The average Bonchev–Trinajstić information content (AvgIpc) is 3.06. The number of imidazole rings is 1. The van der Waals surface area contributed by atoms with Crippen LogP contribution in [0.5, 0.6) is 0 Å². The Bertz CT molecular complexity index is 1010. The predicted octanol–water partition coefficient (Wildman–Crippen LogP) is 4.43. The second-order valence-electron chi connectivity index (χ2n) is 6.38. The minimum atomic E-state index is -0.442. The van der Waals surface area contributed by atoms with Gasteiger partial charge in [0.05, 0.1) is 52.5 Å². The number of aliphatic hydroxyl groups excluding tert-OH is 1. The van der Waals surface area contributed by atoms with Gasteiger partial charge in [-0.25, -0.2) is 10.5 Å². The molecule has 9 heteroatoms. The van der Waals surface area contributed by atoms with Gasteiger partial charge in [-0.15, -0.1) is 0 Å². The van der Waals surface area contributed by atoms with Gasteiger partial charge in [0.1, 0.15) is 0 Å². The number of hydrogen-bond donors (Lipinski definition) is 3. The number of hydrogen-bond acceptors (Lipinski definition) is 5. The highest BCUT2D eigenvalue weighted by atomic mass is 79.9. The Balaban J connectivity index is 2.05. The van der Waals surface area contributed by atoms with E-state index in [1.54, 1.807) is 24.5 Å². The van der Waals surface area contributed by atoms with Gasteiger partial charge in [-0.3, -0.25) is 9.63 Å². The van der Waals surface area contributed by atoms with Crippen molar-refractivity contribution in [3.63, 3.8) is 0 Å². The van der Waals surface area contributed by atoms with Crippen molar-refractivity contribution in [2.75, 3.05) is 18.5 Å². The van der Waals surface area contributed by atoms with Crippen molar-refractivity contribution in [3.8, 4) is 0 Å². The molecule has 28 heavy (non-hydrogen) atoms. The van der Waals surface area contributed by atoms with Gasteiger partial charge in [0.15, 0.2) is 0 Å². The molecule has 3 rings (SSSR count). The number of halogens is 2. The van der Waals surface area contributed by atoms with Crippen molar-refractivity contribution >= 4 is 55.8 Å². The number of carbonyl (C=O) groups excluding carboxylic acids is 1. The Labute approximate surface area is 175 Å². The fraction of sp³-hybridized carbons (Fsp3) is 0.263. The van der Waals surface area contributed by atoms with E-state index in [0.717, 1.165) is 15.5 Å². The summed E-state index contributed by atoms with van der Waals surface area (Å²) in [6, 6.07) is 9.17.